The fourth-order valence-corrected chi connectivity index (χ4v) is 1.96. The van der Waals surface area contributed by atoms with E-state index < -0.39 is 0 Å². The van der Waals surface area contributed by atoms with Gasteiger partial charge < -0.3 is 0 Å². The zero-order valence-electron chi connectivity index (χ0n) is 11.5. The minimum atomic E-state index is 0. The molecule has 0 aromatic heterocycles. The van der Waals surface area contributed by atoms with Crippen molar-refractivity contribution in [3.8, 4) is 0 Å². The summed E-state index contributed by atoms with van der Waals surface area (Å²) >= 11 is 0. The molecule has 2 aliphatic carbocycles. The molecular weight excluding hydrogens is 371 g/mol. The topological polar surface area (TPSA) is 0 Å². The van der Waals surface area contributed by atoms with Gasteiger partial charge in [0.25, 0.3) is 0 Å². The van der Waals surface area contributed by atoms with Crippen LogP contribution in [0.3, 0.4) is 0 Å². The van der Waals surface area contributed by atoms with Crippen molar-refractivity contribution in [3.05, 3.63) is 46.6 Å². The molecule has 2 aliphatic rings. The van der Waals surface area contributed by atoms with Crippen LogP contribution in [0.15, 0.2) is 34.4 Å². The van der Waals surface area contributed by atoms with E-state index in [4.69, 9.17) is 0 Å². The van der Waals surface area contributed by atoms with Crippen LogP contribution in [0, 0.1) is 12.2 Å². The van der Waals surface area contributed by atoms with E-state index >= 15 is 0 Å². The minimum Gasteiger partial charge on any atom is -0.253 e. The zero-order valence-corrected chi connectivity index (χ0v) is 15.1. The SMILES string of the molecule is CCC1=C(C)CC=[C-]1.CCC1=C(C)CC=[C-]1.[Hf]. The first kappa shape index (κ1) is 16.8. The molecule has 0 atom stereocenters. The van der Waals surface area contributed by atoms with Crippen LogP contribution in [-0.2, 0) is 25.8 Å². The van der Waals surface area contributed by atoms with Gasteiger partial charge in [0.1, 0.15) is 0 Å². The van der Waals surface area contributed by atoms with Crippen LogP contribution >= 0.6 is 0 Å². The summed E-state index contributed by atoms with van der Waals surface area (Å²) in [7, 11) is 0. The Morgan fingerprint density at radius 3 is 1.35 bits per heavy atom. The largest absolute Gasteiger partial charge is 0.253 e. The summed E-state index contributed by atoms with van der Waals surface area (Å²) in [6, 6.07) is 0. The van der Waals surface area contributed by atoms with Gasteiger partial charge in [0.05, 0.1) is 0 Å². The van der Waals surface area contributed by atoms with Gasteiger partial charge in [-0.15, -0.1) is 13.8 Å². The van der Waals surface area contributed by atoms with Crippen molar-refractivity contribution in [1.29, 1.82) is 0 Å². The van der Waals surface area contributed by atoms with E-state index in [-0.39, 0.29) is 25.8 Å². The molecule has 0 fully saturated rings. The first-order chi connectivity index (χ1) is 7.69. The Labute approximate surface area is 125 Å². The summed E-state index contributed by atoms with van der Waals surface area (Å²) in [4.78, 5) is 0. The second-order valence-electron chi connectivity index (χ2n) is 4.33. The maximum atomic E-state index is 3.21. The fourth-order valence-electron chi connectivity index (χ4n) is 1.96. The molecule has 0 nitrogen and oxygen atoms in total. The van der Waals surface area contributed by atoms with E-state index in [1.807, 2.05) is 0 Å². The number of hydrogen-bond acceptors (Lipinski definition) is 0. The van der Waals surface area contributed by atoms with Crippen molar-refractivity contribution in [2.75, 3.05) is 0 Å². The second-order valence-corrected chi connectivity index (χ2v) is 4.33. The van der Waals surface area contributed by atoms with Gasteiger partial charge in [-0.3, -0.25) is 12.2 Å². The van der Waals surface area contributed by atoms with Gasteiger partial charge in [-0.25, -0.2) is 22.3 Å². The molecule has 0 saturated carbocycles. The van der Waals surface area contributed by atoms with Gasteiger partial charge in [0.15, 0.2) is 0 Å². The van der Waals surface area contributed by atoms with Gasteiger partial charge in [0, 0.05) is 25.8 Å². The van der Waals surface area contributed by atoms with Gasteiger partial charge in [0.2, 0.25) is 0 Å². The molecule has 0 heterocycles. The molecule has 1 heteroatoms. The predicted octanol–water partition coefficient (Wildman–Crippen LogP) is 4.95. The van der Waals surface area contributed by atoms with E-state index in [2.05, 4.69) is 52.0 Å². The quantitative estimate of drug-likeness (QED) is 0.461. The number of allylic oxidation sites excluding steroid dienone is 8. The Bertz CT molecular complexity index is 318. The Balaban J connectivity index is 0.000000284. The van der Waals surface area contributed by atoms with Crippen LogP contribution < -0.4 is 0 Å². The van der Waals surface area contributed by atoms with Gasteiger partial charge in [-0.2, -0.15) is 12.2 Å². The molecule has 92 valence electrons. The molecule has 0 spiro atoms. The van der Waals surface area contributed by atoms with E-state index in [9.17, 15) is 0 Å². The molecular formula is C16H22Hf-2. The van der Waals surface area contributed by atoms with Crippen LogP contribution in [0.1, 0.15) is 53.4 Å². The van der Waals surface area contributed by atoms with E-state index in [0.717, 1.165) is 25.7 Å². The van der Waals surface area contributed by atoms with Crippen molar-refractivity contribution < 1.29 is 25.8 Å². The maximum absolute atomic E-state index is 3.21. The average Bonchev–Trinajstić information content (AvgIpc) is 2.87. The number of hydrogen-bond donors (Lipinski definition) is 0. The van der Waals surface area contributed by atoms with E-state index in [1.54, 1.807) is 0 Å². The summed E-state index contributed by atoms with van der Waals surface area (Å²) < 4.78 is 0. The van der Waals surface area contributed by atoms with Crippen LogP contribution in [0.5, 0.6) is 0 Å². The summed E-state index contributed by atoms with van der Waals surface area (Å²) in [5.41, 5.74) is 5.80. The summed E-state index contributed by atoms with van der Waals surface area (Å²) in [6.45, 7) is 8.70. The summed E-state index contributed by atoms with van der Waals surface area (Å²) in [5, 5.41) is 0. The molecule has 2 rings (SSSR count). The normalized spacial score (nSPS) is 17.2. The van der Waals surface area contributed by atoms with Crippen LogP contribution in [0.4, 0.5) is 0 Å². The van der Waals surface area contributed by atoms with Crippen molar-refractivity contribution in [3.63, 3.8) is 0 Å². The smallest absolute Gasteiger partial charge is 0 e. The second kappa shape index (κ2) is 8.85. The third-order valence-corrected chi connectivity index (χ3v) is 3.11. The van der Waals surface area contributed by atoms with Crippen LogP contribution in [-0.4, -0.2) is 0 Å². The zero-order chi connectivity index (χ0) is 12.0. The molecule has 0 aromatic rings. The third-order valence-electron chi connectivity index (χ3n) is 3.11. The first-order valence-electron chi connectivity index (χ1n) is 6.22. The number of rotatable bonds is 2. The fraction of sp³-hybridized carbons (Fsp3) is 0.500. The Morgan fingerprint density at radius 1 is 0.882 bits per heavy atom. The Kier molecular flexibility index (Phi) is 8.77. The van der Waals surface area contributed by atoms with Crippen molar-refractivity contribution in [2.45, 2.75) is 53.4 Å². The molecule has 0 amide bonds. The maximum Gasteiger partial charge on any atom is 0 e. The molecule has 0 radical (unpaired) electrons. The molecule has 0 bridgehead atoms. The van der Waals surface area contributed by atoms with Crippen LogP contribution in [0.25, 0.3) is 0 Å². The minimum absolute atomic E-state index is 0. The Morgan fingerprint density at radius 2 is 1.24 bits per heavy atom. The van der Waals surface area contributed by atoms with Crippen LogP contribution in [0.2, 0.25) is 0 Å². The van der Waals surface area contributed by atoms with Gasteiger partial charge in [-0.1, -0.05) is 39.5 Å². The predicted molar refractivity (Wildman–Crippen MR) is 70.8 cm³/mol. The molecule has 17 heavy (non-hydrogen) atoms. The van der Waals surface area contributed by atoms with Gasteiger partial charge in [-0.05, 0) is 0 Å². The standard InChI is InChI=1S/2C8H11.Hf/c2*1-3-8-6-4-5-7(8)2;/h2*4H,3,5H2,1-2H3;/q2*-1;. The monoisotopic (exact) mass is 394 g/mol. The van der Waals surface area contributed by atoms with E-state index in [1.165, 1.54) is 22.3 Å². The molecule has 0 aromatic carbocycles. The molecule has 0 saturated heterocycles. The molecule has 0 N–H and O–H groups in total. The van der Waals surface area contributed by atoms with Crippen molar-refractivity contribution in [1.82, 2.24) is 0 Å². The van der Waals surface area contributed by atoms with Crippen molar-refractivity contribution >= 4 is 0 Å². The molecule has 0 aliphatic heterocycles. The Hall–Kier alpha value is -0.170. The molecule has 0 unspecified atom stereocenters. The average molecular weight is 393 g/mol. The van der Waals surface area contributed by atoms with Gasteiger partial charge >= 0.3 is 0 Å². The third kappa shape index (κ3) is 5.33. The summed E-state index contributed by atoms with van der Waals surface area (Å²) in [5.74, 6) is 0. The first-order valence-corrected chi connectivity index (χ1v) is 6.22. The van der Waals surface area contributed by atoms with E-state index in [0.29, 0.717) is 0 Å². The van der Waals surface area contributed by atoms with Crippen molar-refractivity contribution in [2.24, 2.45) is 0 Å². The summed E-state index contributed by atoms with van der Waals surface area (Å²) in [6.07, 6.45) is 15.2.